The van der Waals surface area contributed by atoms with Crippen LogP contribution in [0.1, 0.15) is 17.2 Å². The van der Waals surface area contributed by atoms with Gasteiger partial charge in [-0.15, -0.1) is 40.6 Å². The van der Waals surface area contributed by atoms with Gasteiger partial charge in [0.15, 0.2) is 11.8 Å². The molecule has 2 rings (SSSR count). The number of aliphatic imine (C=N–C) groups is 1. The van der Waals surface area contributed by atoms with Crippen LogP contribution in [0.25, 0.3) is 0 Å². The fraction of sp³-hybridized carbons (Fsp3) is 0.312. The molecule has 0 aliphatic rings. The van der Waals surface area contributed by atoms with Gasteiger partial charge in [-0.1, -0.05) is 36.3 Å². The third-order valence-electron chi connectivity index (χ3n) is 3.22. The van der Waals surface area contributed by atoms with E-state index in [0.29, 0.717) is 25.6 Å². The third-order valence-corrected chi connectivity index (χ3v) is 3.22. The second-order valence-electron chi connectivity index (χ2n) is 4.78. The highest BCUT2D eigenvalue weighted by Gasteiger charge is 2.05. The first-order valence-corrected chi connectivity index (χ1v) is 7.05. The van der Waals surface area contributed by atoms with Crippen LogP contribution in [0.5, 0.6) is 0 Å². The van der Waals surface area contributed by atoms with Crippen molar-refractivity contribution in [1.82, 2.24) is 25.4 Å². The second-order valence-corrected chi connectivity index (χ2v) is 4.78. The molecule has 0 fully saturated rings. The number of terminal acetylenes is 1. The molecule has 2 aromatic rings. The number of aromatic nitrogens is 3. The molecule has 1 heterocycles. The maximum atomic E-state index is 5.30. The van der Waals surface area contributed by atoms with Crippen molar-refractivity contribution in [2.75, 3.05) is 6.54 Å². The molecule has 0 spiro atoms. The van der Waals surface area contributed by atoms with Gasteiger partial charge in [-0.2, -0.15) is 0 Å². The van der Waals surface area contributed by atoms with Crippen LogP contribution in [0.4, 0.5) is 0 Å². The van der Waals surface area contributed by atoms with Crippen LogP contribution >= 0.6 is 24.0 Å². The number of aryl methyl sites for hydroxylation is 1. The molecule has 0 aliphatic carbocycles. The molecule has 0 radical (unpaired) electrons. The number of benzene rings is 1. The Morgan fingerprint density at radius 2 is 2.00 bits per heavy atom. The Balaban J connectivity index is 0.00000264. The molecule has 122 valence electrons. The predicted octanol–water partition coefficient (Wildman–Crippen LogP) is 1.61. The summed E-state index contributed by atoms with van der Waals surface area (Å²) in [6, 6.07) is 10.0. The van der Waals surface area contributed by atoms with Gasteiger partial charge in [0.2, 0.25) is 0 Å². The lowest BCUT2D eigenvalue weighted by atomic mass is 10.2. The summed E-state index contributed by atoms with van der Waals surface area (Å²) in [6.45, 7) is 3.44. The molecule has 1 aromatic carbocycles. The summed E-state index contributed by atoms with van der Waals surface area (Å²) in [6.07, 6.45) is 5.30. The second kappa shape index (κ2) is 9.84. The number of nitrogens with zero attached hydrogens (tertiary/aromatic N) is 4. The van der Waals surface area contributed by atoms with Crippen LogP contribution in [0.2, 0.25) is 0 Å². The average molecular weight is 424 g/mol. The zero-order valence-corrected chi connectivity index (χ0v) is 15.6. The van der Waals surface area contributed by atoms with Gasteiger partial charge >= 0.3 is 0 Å². The van der Waals surface area contributed by atoms with Crippen molar-refractivity contribution in [3.8, 4) is 12.3 Å². The number of guanidine groups is 1. The van der Waals surface area contributed by atoms with Crippen molar-refractivity contribution in [3.63, 3.8) is 0 Å². The molecule has 7 heteroatoms. The summed E-state index contributed by atoms with van der Waals surface area (Å²) < 4.78 is 1.93. The van der Waals surface area contributed by atoms with E-state index in [-0.39, 0.29) is 24.0 Å². The van der Waals surface area contributed by atoms with E-state index in [9.17, 15) is 0 Å². The largest absolute Gasteiger partial charge is 0.349 e. The van der Waals surface area contributed by atoms with Gasteiger partial charge in [-0.3, -0.25) is 0 Å². The topological polar surface area (TPSA) is 67.1 Å². The van der Waals surface area contributed by atoms with Crippen LogP contribution in [0.15, 0.2) is 35.3 Å². The summed E-state index contributed by atoms with van der Waals surface area (Å²) in [5.74, 6) is 4.91. The summed E-state index contributed by atoms with van der Waals surface area (Å²) >= 11 is 0. The van der Waals surface area contributed by atoms with Gasteiger partial charge in [-0.05, 0) is 12.5 Å². The molecule has 0 saturated carbocycles. The molecule has 23 heavy (non-hydrogen) atoms. The van der Waals surface area contributed by atoms with Crippen molar-refractivity contribution in [3.05, 3.63) is 47.5 Å². The van der Waals surface area contributed by atoms with E-state index >= 15 is 0 Å². The minimum atomic E-state index is 0. The predicted molar refractivity (Wildman–Crippen MR) is 102 cm³/mol. The Kier molecular flexibility index (Phi) is 8.11. The van der Waals surface area contributed by atoms with Crippen molar-refractivity contribution in [2.24, 2.45) is 12.0 Å². The summed E-state index contributed by atoms with van der Waals surface area (Å²) in [5.41, 5.74) is 1.14. The molecule has 0 saturated heterocycles. The lowest BCUT2D eigenvalue weighted by Gasteiger charge is -2.10. The van der Waals surface area contributed by atoms with Crippen molar-refractivity contribution < 1.29 is 0 Å². The van der Waals surface area contributed by atoms with E-state index < -0.39 is 0 Å². The smallest absolute Gasteiger partial charge is 0.192 e. The third kappa shape index (κ3) is 5.90. The first kappa shape index (κ1) is 19.0. The van der Waals surface area contributed by atoms with Crippen molar-refractivity contribution in [2.45, 2.75) is 20.0 Å². The highest BCUT2D eigenvalue weighted by molar-refractivity contribution is 14.0. The first-order valence-electron chi connectivity index (χ1n) is 7.05. The van der Waals surface area contributed by atoms with Gasteiger partial charge in [0.25, 0.3) is 0 Å². The molecule has 2 N–H and O–H groups in total. The average Bonchev–Trinajstić information content (AvgIpc) is 2.87. The molecule has 6 nitrogen and oxygen atoms in total. The summed E-state index contributed by atoms with van der Waals surface area (Å²) in [7, 11) is 1.93. The van der Waals surface area contributed by atoms with Gasteiger partial charge in [-0.25, -0.2) is 4.99 Å². The number of rotatable bonds is 5. The standard InChI is InChI=1S/C16H20N6.HI/c1-4-10-17-16(18-11-14-8-6-5-7-9-14)19-12-15-21-20-13(2)22(15)3;/h1,5-9H,10-12H2,2-3H3,(H2,17,18,19);1H. The van der Waals surface area contributed by atoms with Crippen LogP contribution < -0.4 is 10.6 Å². The van der Waals surface area contributed by atoms with Gasteiger partial charge < -0.3 is 15.2 Å². The van der Waals surface area contributed by atoms with Crippen LogP contribution in [-0.2, 0) is 20.1 Å². The van der Waals surface area contributed by atoms with Crippen molar-refractivity contribution >= 4 is 29.9 Å². The summed E-state index contributed by atoms with van der Waals surface area (Å²) in [5, 5.41) is 14.4. The van der Waals surface area contributed by atoms with Gasteiger partial charge in [0, 0.05) is 7.05 Å². The van der Waals surface area contributed by atoms with E-state index in [1.807, 2.05) is 48.9 Å². The SMILES string of the molecule is C#CCNC(=NCc1ccccc1)NCc1nnc(C)n1C.I. The Morgan fingerprint density at radius 3 is 2.61 bits per heavy atom. The molecule has 0 bridgehead atoms. The van der Waals surface area contributed by atoms with E-state index in [4.69, 9.17) is 6.42 Å². The lowest BCUT2D eigenvalue weighted by Crippen LogP contribution is -2.37. The van der Waals surface area contributed by atoms with Crippen LogP contribution in [-0.4, -0.2) is 27.3 Å². The molecule has 1 aromatic heterocycles. The van der Waals surface area contributed by atoms with Gasteiger partial charge in [0.05, 0.1) is 19.6 Å². The highest BCUT2D eigenvalue weighted by Crippen LogP contribution is 2.00. The molecular weight excluding hydrogens is 403 g/mol. The van der Waals surface area contributed by atoms with Crippen LogP contribution in [0, 0.1) is 19.3 Å². The monoisotopic (exact) mass is 424 g/mol. The Hall–Kier alpha value is -2.08. The molecule has 0 amide bonds. The maximum Gasteiger partial charge on any atom is 0.192 e. The number of nitrogens with one attached hydrogen (secondary N) is 2. The zero-order valence-electron chi connectivity index (χ0n) is 13.3. The van der Waals surface area contributed by atoms with E-state index in [2.05, 4.69) is 31.7 Å². The Labute approximate surface area is 153 Å². The number of hydrogen-bond donors (Lipinski definition) is 2. The lowest BCUT2D eigenvalue weighted by molar-refractivity contribution is 0.722. The number of hydrogen-bond acceptors (Lipinski definition) is 3. The van der Waals surface area contributed by atoms with Crippen molar-refractivity contribution in [1.29, 1.82) is 0 Å². The first-order chi connectivity index (χ1) is 10.7. The molecule has 0 aliphatic heterocycles. The molecule has 0 atom stereocenters. The van der Waals surface area contributed by atoms with Gasteiger partial charge in [0.1, 0.15) is 5.82 Å². The fourth-order valence-electron chi connectivity index (χ4n) is 1.83. The van der Waals surface area contributed by atoms with E-state index in [1.165, 1.54) is 0 Å². The zero-order chi connectivity index (χ0) is 15.8. The Morgan fingerprint density at radius 1 is 1.26 bits per heavy atom. The quantitative estimate of drug-likeness (QED) is 0.331. The minimum absolute atomic E-state index is 0. The normalized spacial score (nSPS) is 10.6. The minimum Gasteiger partial charge on any atom is -0.349 e. The molecule has 0 unspecified atom stereocenters. The van der Waals surface area contributed by atoms with E-state index in [0.717, 1.165) is 17.2 Å². The number of halogens is 1. The Bertz CT molecular complexity index is 672. The molecular formula is C16H21IN6. The maximum absolute atomic E-state index is 5.30. The van der Waals surface area contributed by atoms with E-state index in [1.54, 1.807) is 0 Å². The van der Waals surface area contributed by atoms with Crippen LogP contribution in [0.3, 0.4) is 0 Å². The summed E-state index contributed by atoms with van der Waals surface area (Å²) in [4.78, 5) is 4.52. The highest BCUT2D eigenvalue weighted by atomic mass is 127. The fourth-order valence-corrected chi connectivity index (χ4v) is 1.83.